The van der Waals surface area contributed by atoms with E-state index in [1.807, 2.05) is 12.1 Å². The van der Waals surface area contributed by atoms with Crippen LogP contribution in [-0.4, -0.2) is 18.7 Å². The number of imidazole rings is 1. The third kappa shape index (κ3) is 5.09. The SMILES string of the molecule is Cc1n(-c2[c-]c(-n3c4ccccc4c4cc5c6ccccc6n(-c6[c-]cccc6)c5nc43)ccc2)c2ccccc2[n+]1-c1ccc(C(C)(C)C)cc1.[Pt+2]. The summed E-state index contributed by atoms with van der Waals surface area (Å²) in [5.41, 5.74) is 11.7. The van der Waals surface area contributed by atoms with Gasteiger partial charge < -0.3 is 9.13 Å². The van der Waals surface area contributed by atoms with Crippen LogP contribution >= 0.6 is 0 Å². The molecule has 0 radical (unpaired) electrons. The second kappa shape index (κ2) is 12.4. The Hall–Kier alpha value is -5.77. The van der Waals surface area contributed by atoms with Crippen LogP contribution in [0.15, 0.2) is 146 Å². The fourth-order valence-corrected chi connectivity index (χ4v) is 8.00. The Kier molecular flexibility index (Phi) is 7.76. The number of para-hydroxylation sites is 5. The second-order valence-electron chi connectivity index (χ2n) is 14.6. The van der Waals surface area contributed by atoms with Crippen LogP contribution in [0.2, 0.25) is 0 Å². The van der Waals surface area contributed by atoms with Gasteiger partial charge in [-0.25, -0.2) is 9.55 Å². The quantitative estimate of drug-likeness (QED) is 0.128. The van der Waals surface area contributed by atoms with Gasteiger partial charge in [0.1, 0.15) is 17.0 Å². The molecule has 0 N–H and O–H groups in total. The van der Waals surface area contributed by atoms with Gasteiger partial charge in [0.05, 0.1) is 11.0 Å². The molecule has 258 valence electrons. The van der Waals surface area contributed by atoms with E-state index in [1.165, 1.54) is 10.9 Å². The Morgan fingerprint density at radius 3 is 1.72 bits per heavy atom. The van der Waals surface area contributed by atoms with Crippen molar-refractivity contribution in [3.05, 3.63) is 169 Å². The van der Waals surface area contributed by atoms with Gasteiger partial charge in [-0.15, -0.1) is 24.3 Å². The molecule has 4 aromatic heterocycles. The standard InChI is InChI=1S/C47H36N5.Pt/c1-31-49(34-27-25-32(26-28-34)47(2,3)4)43-23-12-13-24-44(43)50(31)35-17-14-18-36(29-35)52-42-22-11-9-20-38(42)40-30-39-37-19-8-10-21-41(37)51(45(39)48-46(40)52)33-15-6-5-7-16-33;/h5-15,17-28,30H,1-4H3;/q-1;+2. The number of fused-ring (bicyclic) bond motifs is 7. The fraction of sp³-hybridized carbons (Fsp3) is 0.106. The Bertz CT molecular complexity index is 2990. The summed E-state index contributed by atoms with van der Waals surface area (Å²) in [5.74, 6) is 1.10. The molecule has 5 nitrogen and oxygen atoms in total. The van der Waals surface area contributed by atoms with Crippen molar-refractivity contribution < 1.29 is 25.6 Å². The van der Waals surface area contributed by atoms with E-state index < -0.39 is 0 Å². The van der Waals surface area contributed by atoms with Gasteiger partial charge in [-0.2, -0.15) is 34.9 Å². The van der Waals surface area contributed by atoms with E-state index in [2.05, 4.69) is 192 Å². The molecule has 0 aliphatic heterocycles. The van der Waals surface area contributed by atoms with Crippen molar-refractivity contribution in [1.82, 2.24) is 18.7 Å². The number of pyridine rings is 1. The van der Waals surface area contributed by atoms with Crippen molar-refractivity contribution in [1.29, 1.82) is 0 Å². The number of nitrogens with zero attached hydrogens (tertiary/aromatic N) is 5. The van der Waals surface area contributed by atoms with Crippen molar-refractivity contribution in [2.24, 2.45) is 0 Å². The molecule has 6 heteroatoms. The maximum absolute atomic E-state index is 5.52. The zero-order chi connectivity index (χ0) is 35.1. The summed E-state index contributed by atoms with van der Waals surface area (Å²) in [4.78, 5) is 5.52. The van der Waals surface area contributed by atoms with Gasteiger partial charge in [-0.05, 0) is 53.4 Å². The number of hydrogen-bond acceptors (Lipinski definition) is 1. The third-order valence-corrected chi connectivity index (χ3v) is 10.5. The number of rotatable bonds is 4. The molecule has 10 aromatic rings. The molecule has 0 aliphatic carbocycles. The van der Waals surface area contributed by atoms with Crippen molar-refractivity contribution in [2.75, 3.05) is 0 Å². The van der Waals surface area contributed by atoms with Crippen molar-refractivity contribution in [3.63, 3.8) is 0 Å². The summed E-state index contributed by atoms with van der Waals surface area (Å²) in [5, 5.41) is 4.57. The van der Waals surface area contributed by atoms with E-state index in [0.717, 1.165) is 78.1 Å². The Morgan fingerprint density at radius 2 is 1.09 bits per heavy atom. The largest absolute Gasteiger partial charge is 2.00 e. The average Bonchev–Trinajstić information content (AvgIpc) is 3.78. The van der Waals surface area contributed by atoms with E-state index in [1.54, 1.807) is 0 Å². The molecule has 0 bridgehead atoms. The van der Waals surface area contributed by atoms with Gasteiger partial charge in [0, 0.05) is 34.2 Å². The summed E-state index contributed by atoms with van der Waals surface area (Å²) < 4.78 is 9.17. The fourth-order valence-electron chi connectivity index (χ4n) is 8.00. The van der Waals surface area contributed by atoms with Crippen molar-refractivity contribution >= 4 is 54.9 Å². The zero-order valence-corrected chi connectivity index (χ0v) is 32.2. The van der Waals surface area contributed by atoms with E-state index in [9.17, 15) is 0 Å². The molecule has 53 heavy (non-hydrogen) atoms. The molecule has 0 amide bonds. The molecule has 6 aromatic carbocycles. The third-order valence-electron chi connectivity index (χ3n) is 10.5. The number of aromatic nitrogens is 5. The number of hydrogen-bond donors (Lipinski definition) is 0. The average molecular weight is 866 g/mol. The Labute approximate surface area is 322 Å². The first-order valence-corrected chi connectivity index (χ1v) is 17.8. The van der Waals surface area contributed by atoms with Crippen LogP contribution in [0.5, 0.6) is 0 Å². The summed E-state index contributed by atoms with van der Waals surface area (Å²) in [6.07, 6.45) is 0. The molecule has 0 fully saturated rings. The maximum atomic E-state index is 5.52. The van der Waals surface area contributed by atoms with Gasteiger partial charge >= 0.3 is 21.1 Å². The maximum Gasteiger partial charge on any atom is 2.00 e. The van der Waals surface area contributed by atoms with Crippen LogP contribution in [0, 0.1) is 19.1 Å². The summed E-state index contributed by atoms with van der Waals surface area (Å²) in [6, 6.07) is 58.9. The smallest absolute Gasteiger partial charge is 0.318 e. The molecule has 4 heterocycles. The van der Waals surface area contributed by atoms with Gasteiger partial charge in [0.15, 0.2) is 11.0 Å². The minimum absolute atomic E-state index is 0. The summed E-state index contributed by atoms with van der Waals surface area (Å²) in [7, 11) is 0. The number of benzene rings is 6. The van der Waals surface area contributed by atoms with Crippen LogP contribution in [-0.2, 0) is 26.5 Å². The molecular weight excluding hydrogens is 830 g/mol. The molecule has 0 atom stereocenters. The molecule has 0 aliphatic rings. The molecule has 0 saturated heterocycles. The minimum atomic E-state index is 0. The van der Waals surface area contributed by atoms with Crippen LogP contribution in [0.25, 0.3) is 77.7 Å². The topological polar surface area (TPSA) is 31.6 Å². The monoisotopic (exact) mass is 865 g/mol. The molecule has 0 unspecified atom stereocenters. The first kappa shape index (κ1) is 33.1. The van der Waals surface area contributed by atoms with Gasteiger partial charge in [0.2, 0.25) is 0 Å². The van der Waals surface area contributed by atoms with Crippen molar-refractivity contribution in [2.45, 2.75) is 33.1 Å². The van der Waals surface area contributed by atoms with Crippen LogP contribution in [0.4, 0.5) is 0 Å². The normalized spacial score (nSPS) is 12.0. The predicted octanol–water partition coefficient (Wildman–Crippen LogP) is 10.7. The summed E-state index contributed by atoms with van der Waals surface area (Å²) in [6.45, 7) is 8.96. The molecule has 0 spiro atoms. The Balaban J connectivity index is 0.00000372. The van der Waals surface area contributed by atoms with Gasteiger partial charge in [0.25, 0.3) is 5.82 Å². The van der Waals surface area contributed by atoms with Crippen LogP contribution in [0.3, 0.4) is 0 Å². The molecular formula is C47H36N5Pt+. The summed E-state index contributed by atoms with van der Waals surface area (Å²) >= 11 is 0. The first-order valence-electron chi connectivity index (χ1n) is 17.8. The van der Waals surface area contributed by atoms with E-state index in [4.69, 9.17) is 4.98 Å². The first-order chi connectivity index (χ1) is 25.4. The minimum Gasteiger partial charge on any atom is -0.318 e. The van der Waals surface area contributed by atoms with E-state index in [-0.39, 0.29) is 26.5 Å². The Morgan fingerprint density at radius 1 is 0.547 bits per heavy atom. The molecule has 10 rings (SSSR count). The van der Waals surface area contributed by atoms with Gasteiger partial charge in [-0.1, -0.05) is 92.8 Å². The predicted molar refractivity (Wildman–Crippen MR) is 212 cm³/mol. The van der Waals surface area contributed by atoms with E-state index in [0.29, 0.717) is 0 Å². The van der Waals surface area contributed by atoms with Crippen LogP contribution < -0.4 is 4.57 Å². The van der Waals surface area contributed by atoms with Crippen LogP contribution in [0.1, 0.15) is 32.2 Å². The van der Waals surface area contributed by atoms with Crippen molar-refractivity contribution in [3.8, 4) is 22.7 Å². The van der Waals surface area contributed by atoms with E-state index >= 15 is 0 Å². The zero-order valence-electron chi connectivity index (χ0n) is 29.9. The second-order valence-corrected chi connectivity index (χ2v) is 14.6. The van der Waals surface area contributed by atoms with Gasteiger partial charge in [-0.3, -0.25) is 0 Å². The molecule has 0 saturated carbocycles.